The average Bonchev–Trinajstić information content (AvgIpc) is 3.16. The van der Waals surface area contributed by atoms with Crippen molar-refractivity contribution in [2.24, 2.45) is 0 Å². The molecule has 1 fully saturated rings. The van der Waals surface area contributed by atoms with Crippen LogP contribution in [-0.2, 0) is 16.0 Å². The lowest BCUT2D eigenvalue weighted by molar-refractivity contribution is -0.137. The molecule has 0 aliphatic carbocycles. The summed E-state index contributed by atoms with van der Waals surface area (Å²) in [4.78, 5) is 16.2. The number of hydrogen-bond acceptors (Lipinski definition) is 4. The van der Waals surface area contributed by atoms with E-state index in [0.29, 0.717) is 0 Å². The van der Waals surface area contributed by atoms with E-state index in [1.54, 1.807) is 11.3 Å². The Labute approximate surface area is 153 Å². The largest absolute Gasteiger partial charge is 0.484 e. The monoisotopic (exact) mass is 359 g/mol. The number of carbonyl (C=O) groups excluding carboxylic acids is 1. The minimum absolute atomic E-state index is 0.0618. The van der Waals surface area contributed by atoms with E-state index >= 15 is 0 Å². The van der Waals surface area contributed by atoms with Crippen molar-refractivity contribution in [2.75, 3.05) is 26.4 Å². The normalized spacial score (nSPS) is 15.1. The van der Waals surface area contributed by atoms with Crippen LogP contribution in [-0.4, -0.2) is 43.2 Å². The number of nitrogens with zero attached hydrogens (tertiary/aromatic N) is 1. The zero-order valence-electron chi connectivity index (χ0n) is 14.6. The van der Waals surface area contributed by atoms with E-state index in [0.717, 1.165) is 50.3 Å². The molecule has 0 spiro atoms. The summed E-state index contributed by atoms with van der Waals surface area (Å²) >= 11 is 1.74. The first kappa shape index (κ1) is 18.0. The summed E-state index contributed by atoms with van der Waals surface area (Å²) in [6.45, 7) is 4.28. The van der Waals surface area contributed by atoms with Crippen molar-refractivity contribution in [1.29, 1.82) is 0 Å². The Hall–Kier alpha value is -1.85. The first-order valence-electron chi connectivity index (χ1n) is 8.82. The molecule has 1 aromatic carbocycles. The van der Waals surface area contributed by atoms with Gasteiger partial charge in [0, 0.05) is 30.7 Å². The molecule has 1 amide bonds. The zero-order chi connectivity index (χ0) is 17.5. The number of ether oxygens (including phenoxy) is 2. The van der Waals surface area contributed by atoms with Crippen LogP contribution < -0.4 is 4.74 Å². The molecule has 0 unspecified atom stereocenters. The molecule has 4 nitrogen and oxygen atoms in total. The van der Waals surface area contributed by atoms with Crippen molar-refractivity contribution in [3.63, 3.8) is 0 Å². The molecule has 0 bridgehead atoms. The maximum Gasteiger partial charge on any atom is 0.260 e. The predicted octanol–water partition coefficient (Wildman–Crippen LogP) is 3.69. The molecule has 1 aliphatic heterocycles. The first-order chi connectivity index (χ1) is 12.2. The van der Waals surface area contributed by atoms with Crippen LogP contribution in [0.2, 0.25) is 0 Å². The molecule has 2 aromatic rings. The Kier molecular flexibility index (Phi) is 6.48. The Morgan fingerprint density at radius 2 is 2.04 bits per heavy atom. The van der Waals surface area contributed by atoms with Gasteiger partial charge in [0.25, 0.3) is 5.91 Å². The second-order valence-corrected chi connectivity index (χ2v) is 7.35. The molecule has 1 aliphatic rings. The summed E-state index contributed by atoms with van der Waals surface area (Å²) in [5.41, 5.74) is 1.05. The third-order valence-electron chi connectivity index (χ3n) is 4.58. The van der Waals surface area contributed by atoms with Crippen LogP contribution in [0.15, 0.2) is 41.8 Å². The van der Waals surface area contributed by atoms with Gasteiger partial charge in [0.2, 0.25) is 0 Å². The lowest BCUT2D eigenvalue weighted by Gasteiger charge is -2.34. The molecule has 5 heteroatoms. The lowest BCUT2D eigenvalue weighted by atomic mass is 10.1. The van der Waals surface area contributed by atoms with E-state index in [4.69, 9.17) is 9.47 Å². The smallest absolute Gasteiger partial charge is 0.260 e. The Bertz CT molecular complexity index is 665. The van der Waals surface area contributed by atoms with E-state index in [1.165, 1.54) is 4.88 Å². The van der Waals surface area contributed by atoms with Gasteiger partial charge in [0.15, 0.2) is 6.61 Å². The van der Waals surface area contributed by atoms with E-state index in [2.05, 4.69) is 17.5 Å². The number of carbonyl (C=O) groups is 1. The summed E-state index contributed by atoms with van der Waals surface area (Å²) < 4.78 is 11.2. The highest BCUT2D eigenvalue weighted by Crippen LogP contribution is 2.19. The molecule has 3 rings (SSSR count). The van der Waals surface area contributed by atoms with E-state index in [9.17, 15) is 4.79 Å². The zero-order valence-corrected chi connectivity index (χ0v) is 15.5. The highest BCUT2D eigenvalue weighted by atomic mass is 32.1. The van der Waals surface area contributed by atoms with Crippen LogP contribution in [0.1, 0.15) is 23.3 Å². The second-order valence-electron chi connectivity index (χ2n) is 6.31. The average molecular weight is 359 g/mol. The molecule has 2 heterocycles. The third-order valence-corrected chi connectivity index (χ3v) is 5.51. The molecule has 134 valence electrons. The van der Waals surface area contributed by atoms with Crippen LogP contribution in [0.5, 0.6) is 5.75 Å². The van der Waals surface area contributed by atoms with Gasteiger partial charge < -0.3 is 14.4 Å². The summed E-state index contributed by atoms with van der Waals surface area (Å²) in [6.07, 6.45) is 2.70. The van der Waals surface area contributed by atoms with Gasteiger partial charge in [-0.2, -0.15) is 0 Å². The standard InChI is InChI=1S/C20H25NO3S/c1-16-5-2-3-7-19(16)24-15-20(22)21(17-9-12-23-13-10-17)11-8-18-6-4-14-25-18/h2-7,14,17H,8-13,15H2,1H3. The summed E-state index contributed by atoms with van der Waals surface area (Å²) in [7, 11) is 0. The first-order valence-corrected chi connectivity index (χ1v) is 9.70. The molecule has 25 heavy (non-hydrogen) atoms. The second kappa shape index (κ2) is 9.02. The molecular formula is C20H25NO3S. The molecule has 1 saturated heterocycles. The molecule has 0 atom stereocenters. The van der Waals surface area contributed by atoms with Gasteiger partial charge in [0.05, 0.1) is 0 Å². The fourth-order valence-electron chi connectivity index (χ4n) is 3.13. The van der Waals surface area contributed by atoms with Gasteiger partial charge in [-0.05, 0) is 49.3 Å². The number of rotatable bonds is 7. The fraction of sp³-hybridized carbons (Fsp3) is 0.450. The molecule has 0 N–H and O–H groups in total. The number of amides is 1. The van der Waals surface area contributed by atoms with Crippen molar-refractivity contribution in [2.45, 2.75) is 32.2 Å². The van der Waals surface area contributed by atoms with Crippen molar-refractivity contribution in [3.05, 3.63) is 52.2 Å². The van der Waals surface area contributed by atoms with Crippen molar-refractivity contribution < 1.29 is 14.3 Å². The van der Waals surface area contributed by atoms with Gasteiger partial charge in [-0.25, -0.2) is 0 Å². The SMILES string of the molecule is Cc1ccccc1OCC(=O)N(CCc1cccs1)C1CCOCC1. The summed E-state index contributed by atoms with van der Waals surface area (Å²) in [6, 6.07) is 12.2. The number of aryl methyl sites for hydroxylation is 1. The van der Waals surface area contributed by atoms with Gasteiger partial charge in [0.1, 0.15) is 5.75 Å². The Morgan fingerprint density at radius 3 is 2.76 bits per heavy atom. The Morgan fingerprint density at radius 1 is 1.24 bits per heavy atom. The number of para-hydroxylation sites is 1. The van der Waals surface area contributed by atoms with E-state index in [1.807, 2.05) is 36.1 Å². The van der Waals surface area contributed by atoms with E-state index in [-0.39, 0.29) is 18.6 Å². The summed E-state index contributed by atoms with van der Waals surface area (Å²) in [5.74, 6) is 0.841. The Balaban J connectivity index is 1.62. The maximum absolute atomic E-state index is 12.9. The summed E-state index contributed by atoms with van der Waals surface area (Å²) in [5, 5.41) is 2.08. The minimum Gasteiger partial charge on any atom is -0.484 e. The lowest BCUT2D eigenvalue weighted by Crippen LogP contribution is -2.46. The van der Waals surface area contributed by atoms with Crippen molar-refractivity contribution in [3.8, 4) is 5.75 Å². The fourth-order valence-corrected chi connectivity index (χ4v) is 3.83. The topological polar surface area (TPSA) is 38.8 Å². The van der Waals surface area contributed by atoms with Crippen molar-refractivity contribution >= 4 is 17.2 Å². The minimum atomic E-state index is 0.0618. The maximum atomic E-state index is 12.9. The number of benzene rings is 1. The van der Waals surface area contributed by atoms with Gasteiger partial charge in [-0.15, -0.1) is 11.3 Å². The van der Waals surface area contributed by atoms with E-state index < -0.39 is 0 Å². The van der Waals surface area contributed by atoms with Crippen LogP contribution in [0, 0.1) is 6.92 Å². The van der Waals surface area contributed by atoms with Crippen LogP contribution in [0.4, 0.5) is 0 Å². The molecular weight excluding hydrogens is 334 g/mol. The van der Waals surface area contributed by atoms with Crippen LogP contribution in [0.3, 0.4) is 0 Å². The highest BCUT2D eigenvalue weighted by molar-refractivity contribution is 7.09. The van der Waals surface area contributed by atoms with Crippen LogP contribution in [0.25, 0.3) is 0 Å². The number of hydrogen-bond donors (Lipinski definition) is 0. The highest BCUT2D eigenvalue weighted by Gasteiger charge is 2.26. The molecule has 0 saturated carbocycles. The quantitative estimate of drug-likeness (QED) is 0.757. The number of thiophene rings is 1. The van der Waals surface area contributed by atoms with Crippen molar-refractivity contribution in [1.82, 2.24) is 4.90 Å². The van der Waals surface area contributed by atoms with Crippen LogP contribution >= 0.6 is 11.3 Å². The molecule has 0 radical (unpaired) electrons. The predicted molar refractivity (Wildman–Crippen MR) is 100 cm³/mol. The van der Waals surface area contributed by atoms with Gasteiger partial charge in [-0.1, -0.05) is 24.3 Å². The van der Waals surface area contributed by atoms with Gasteiger partial charge in [-0.3, -0.25) is 4.79 Å². The van der Waals surface area contributed by atoms with Gasteiger partial charge >= 0.3 is 0 Å². The molecule has 1 aromatic heterocycles. The third kappa shape index (κ3) is 5.06.